The van der Waals surface area contributed by atoms with E-state index in [4.69, 9.17) is 44.6 Å². The van der Waals surface area contributed by atoms with Gasteiger partial charge in [-0.25, -0.2) is 9.78 Å². The minimum Gasteiger partial charge on any atom is -0.497 e. The van der Waals surface area contributed by atoms with Gasteiger partial charge in [-0.1, -0.05) is 235 Å². The number of anilines is 1. The van der Waals surface area contributed by atoms with E-state index in [1.807, 2.05) is 170 Å². The Morgan fingerprint density at radius 3 is 1.64 bits per heavy atom. The molecule has 0 unspecified atom stereocenters. The van der Waals surface area contributed by atoms with E-state index >= 15 is 4.39 Å². The molecule has 1 N–H and O–H groups in total. The van der Waals surface area contributed by atoms with E-state index in [0.29, 0.717) is 29.2 Å². The Bertz CT molecular complexity index is 3660. The average molecular weight is 1200 g/mol. The van der Waals surface area contributed by atoms with Crippen molar-refractivity contribution in [1.29, 1.82) is 0 Å². The van der Waals surface area contributed by atoms with Crippen LogP contribution >= 0.6 is 0 Å². The summed E-state index contributed by atoms with van der Waals surface area (Å²) in [7, 11) is 3.21. The molecule has 458 valence electrons. The van der Waals surface area contributed by atoms with Crippen molar-refractivity contribution in [1.82, 2.24) is 19.5 Å². The van der Waals surface area contributed by atoms with Crippen LogP contribution in [0.4, 0.5) is 15.0 Å². The minimum absolute atomic E-state index is 0.0140. The van der Waals surface area contributed by atoms with Gasteiger partial charge in [-0.15, -0.1) is 6.42 Å². The molecule has 1 aliphatic rings. The second kappa shape index (κ2) is 30.0. The van der Waals surface area contributed by atoms with Gasteiger partial charge >= 0.3 is 18.2 Å². The fraction of sp³-hybridized carbons (Fsp3) is 0.311. The maximum absolute atomic E-state index is 16.5. The summed E-state index contributed by atoms with van der Waals surface area (Å²) >= 11 is 0. The van der Waals surface area contributed by atoms with Crippen molar-refractivity contribution in [3.05, 3.63) is 245 Å². The molecule has 9 aromatic rings. The lowest BCUT2D eigenvalue weighted by Gasteiger charge is -2.41. The van der Waals surface area contributed by atoms with Crippen LogP contribution in [0.5, 0.6) is 17.2 Å². The number of terminal acetylenes is 1. The van der Waals surface area contributed by atoms with Crippen LogP contribution in [0.3, 0.4) is 0 Å². The van der Waals surface area contributed by atoms with Gasteiger partial charge in [0.15, 0.2) is 22.6 Å². The van der Waals surface area contributed by atoms with Crippen molar-refractivity contribution in [3.8, 4) is 29.6 Å². The summed E-state index contributed by atoms with van der Waals surface area (Å²) in [6.07, 6.45) is 17.4. The third-order valence-electron chi connectivity index (χ3n) is 16.6. The Morgan fingerprint density at radius 2 is 1.11 bits per heavy atom. The van der Waals surface area contributed by atoms with Gasteiger partial charge in [0, 0.05) is 12.8 Å². The number of esters is 1. The zero-order valence-corrected chi connectivity index (χ0v) is 50.7. The Morgan fingerprint density at radius 1 is 0.629 bits per heavy atom. The van der Waals surface area contributed by atoms with Crippen LogP contribution in [0, 0.1) is 18.4 Å². The molecule has 14 nitrogen and oxygen atoms in total. The Hall–Kier alpha value is -9.36. The van der Waals surface area contributed by atoms with Crippen molar-refractivity contribution < 1.29 is 47.1 Å². The zero-order chi connectivity index (χ0) is 61.9. The highest BCUT2D eigenvalue weighted by Crippen LogP contribution is 2.49. The standard InChI is InChI=1S/C74H76FN5O9/c1-5-7-8-9-10-11-12-13-14-15-28-37-66(81)87-63-44-38-54(39-45-63)51-85-71(82)86-52-72(6-2)64(88-74(58-33-24-18-25-34-58,59-35-26-19-27-36-59)60-42-48-62(84-4)49-43-60)50-65(89-72)80-53-76-67-68(77-70(75)78-69(67)80)79-73(55-29-20-16-21-30-55,56-31-22-17-23-32-56)57-40-46-61(83-3)47-41-57/h2,16-27,29-36,38-49,53,64-65H,5,7-15,28,37,50-52H2,1,3-4H3,(H,77,78,79)/t64-,65+,72+/m0/s1. The molecule has 10 rings (SSSR count). The van der Waals surface area contributed by atoms with E-state index in [1.165, 1.54) is 57.7 Å². The first-order valence-corrected chi connectivity index (χ1v) is 30.7. The monoisotopic (exact) mass is 1200 g/mol. The number of hydrogen-bond acceptors (Lipinski definition) is 13. The SMILES string of the molecule is C#C[C@]1(COC(=O)OCc2ccc(OC(=O)CCCCCCCCCCCCC)cc2)O[C@@H](n2cnc3c(NC(c4ccccc4)(c4ccccc4)c4ccc(OC)cc4)nc(F)nc32)C[C@@H]1OC(c1ccccc1)(c1ccccc1)c1ccc(OC)cc1. The van der Waals surface area contributed by atoms with Gasteiger partial charge in [0.05, 0.1) is 20.5 Å². The van der Waals surface area contributed by atoms with E-state index in [2.05, 4.69) is 28.1 Å². The van der Waals surface area contributed by atoms with Crippen molar-refractivity contribution >= 4 is 29.1 Å². The molecule has 2 aromatic heterocycles. The third-order valence-corrected chi connectivity index (χ3v) is 16.6. The normalized spacial score (nSPS) is 15.7. The summed E-state index contributed by atoms with van der Waals surface area (Å²) < 4.78 is 61.3. The Labute approximate surface area is 520 Å². The molecule has 7 aromatic carbocycles. The summed E-state index contributed by atoms with van der Waals surface area (Å²) in [4.78, 5) is 40.2. The van der Waals surface area contributed by atoms with Crippen LogP contribution < -0.4 is 19.5 Å². The number of benzene rings is 7. The predicted molar refractivity (Wildman–Crippen MR) is 341 cm³/mol. The highest BCUT2D eigenvalue weighted by Gasteiger charge is 2.55. The first kappa shape index (κ1) is 62.7. The van der Waals surface area contributed by atoms with Crippen molar-refractivity contribution in [2.24, 2.45) is 0 Å². The second-order valence-corrected chi connectivity index (χ2v) is 22.3. The molecule has 89 heavy (non-hydrogen) atoms. The lowest BCUT2D eigenvalue weighted by Crippen LogP contribution is -2.49. The van der Waals surface area contributed by atoms with Crippen molar-refractivity contribution in [2.45, 2.75) is 126 Å². The topological polar surface area (TPSA) is 154 Å². The molecular weight excluding hydrogens is 1120 g/mol. The van der Waals surface area contributed by atoms with Crippen molar-refractivity contribution in [2.75, 3.05) is 26.1 Å². The number of ether oxygens (including phenoxy) is 7. The van der Waals surface area contributed by atoms with Crippen molar-refractivity contribution in [3.63, 3.8) is 0 Å². The third kappa shape index (κ3) is 14.6. The highest BCUT2D eigenvalue weighted by atomic mass is 19.1. The van der Waals surface area contributed by atoms with E-state index in [1.54, 1.807) is 43.1 Å². The average Bonchev–Trinajstić information content (AvgIpc) is 1.83. The first-order valence-electron chi connectivity index (χ1n) is 30.7. The molecule has 0 bridgehead atoms. The van der Waals surface area contributed by atoms with E-state index < -0.39 is 47.9 Å². The van der Waals surface area contributed by atoms with Gasteiger partial charge in [-0.05, 0) is 81.8 Å². The van der Waals surface area contributed by atoms with Crippen LogP contribution in [0.25, 0.3) is 11.2 Å². The maximum atomic E-state index is 16.5. The Kier molecular flexibility index (Phi) is 21.2. The molecular formula is C74H76FN5O9. The number of carbonyl (C=O) groups is 2. The second-order valence-electron chi connectivity index (χ2n) is 22.3. The number of aromatic nitrogens is 4. The van der Waals surface area contributed by atoms with Gasteiger partial charge < -0.3 is 38.5 Å². The molecule has 3 atom stereocenters. The van der Waals surface area contributed by atoms with Gasteiger partial charge in [0.25, 0.3) is 0 Å². The number of methoxy groups -OCH3 is 2. The molecule has 0 saturated carbocycles. The van der Waals surface area contributed by atoms with Crippen LogP contribution in [0.15, 0.2) is 200 Å². The number of imidazole rings is 1. The number of carbonyl (C=O) groups excluding carboxylic acids is 2. The summed E-state index contributed by atoms with van der Waals surface area (Å²) in [5.74, 6) is 4.34. The highest BCUT2D eigenvalue weighted by molar-refractivity contribution is 5.84. The smallest absolute Gasteiger partial charge is 0.497 e. The molecule has 0 radical (unpaired) electrons. The fourth-order valence-corrected chi connectivity index (χ4v) is 11.9. The van der Waals surface area contributed by atoms with Gasteiger partial charge in [0.1, 0.15) is 53.9 Å². The summed E-state index contributed by atoms with van der Waals surface area (Å²) in [5.41, 5.74) is 1.25. The number of nitrogens with zero attached hydrogens (tertiary/aromatic N) is 4. The first-order chi connectivity index (χ1) is 43.6. The molecule has 1 saturated heterocycles. The van der Waals surface area contributed by atoms with Crippen LogP contribution in [-0.4, -0.2) is 64.2 Å². The van der Waals surface area contributed by atoms with E-state index in [9.17, 15) is 9.59 Å². The number of nitrogens with one attached hydrogen (secondary N) is 1. The minimum atomic E-state index is -1.84. The zero-order valence-electron chi connectivity index (χ0n) is 50.7. The quantitative estimate of drug-likeness (QED) is 0.0114. The lowest BCUT2D eigenvalue weighted by atomic mass is 9.77. The van der Waals surface area contributed by atoms with Gasteiger partial charge in [-0.2, -0.15) is 14.4 Å². The van der Waals surface area contributed by atoms with Crippen LogP contribution in [0.2, 0.25) is 0 Å². The number of fused-ring (bicyclic) bond motifs is 1. The predicted octanol–water partition coefficient (Wildman–Crippen LogP) is 16.0. The van der Waals surface area contributed by atoms with Gasteiger partial charge in [0.2, 0.25) is 0 Å². The number of hydrogen-bond donors (Lipinski definition) is 1. The summed E-state index contributed by atoms with van der Waals surface area (Å²) in [6, 6.07) is 61.1. The fourth-order valence-electron chi connectivity index (χ4n) is 11.9. The van der Waals surface area contributed by atoms with Crippen LogP contribution in [0.1, 0.15) is 136 Å². The number of unbranched alkanes of at least 4 members (excludes halogenated alkanes) is 10. The Balaban J connectivity index is 0.932. The van der Waals surface area contributed by atoms with Crippen LogP contribution in [-0.2, 0) is 41.5 Å². The van der Waals surface area contributed by atoms with Gasteiger partial charge in [-0.3, -0.25) is 9.36 Å². The molecule has 1 fully saturated rings. The molecule has 1 aliphatic heterocycles. The largest absolute Gasteiger partial charge is 0.508 e. The lowest BCUT2D eigenvalue weighted by molar-refractivity contribution is -0.137. The summed E-state index contributed by atoms with van der Waals surface area (Å²) in [6.45, 7) is 1.53. The van der Waals surface area contributed by atoms with E-state index in [0.717, 1.165) is 52.6 Å². The number of halogens is 1. The molecule has 0 spiro atoms. The summed E-state index contributed by atoms with van der Waals surface area (Å²) in [5, 5.41) is 3.68. The number of rotatable bonds is 30. The molecule has 0 aliphatic carbocycles. The maximum Gasteiger partial charge on any atom is 0.508 e. The van der Waals surface area contributed by atoms with E-state index in [-0.39, 0.29) is 36.0 Å². The molecule has 3 heterocycles. The molecule has 15 heteroatoms. The molecule has 0 amide bonds.